The first-order chi connectivity index (χ1) is 8.52. The Morgan fingerprint density at radius 2 is 1.89 bits per heavy atom. The number of hydrogen-bond donors (Lipinski definition) is 0. The molecule has 0 N–H and O–H groups in total. The van der Waals surface area contributed by atoms with Crippen LogP contribution in [0.25, 0.3) is 5.69 Å². The molecule has 96 valence electrons. The number of halogens is 3. The van der Waals surface area contributed by atoms with E-state index in [1.165, 1.54) is 23.9 Å². The summed E-state index contributed by atoms with van der Waals surface area (Å²) in [5, 5.41) is 10.8. The SMILES string of the molecule is COCc1nnnn1-c1ccc(C(F)(F)F)cc1. The Morgan fingerprint density at radius 1 is 1.22 bits per heavy atom. The number of tetrazole rings is 1. The summed E-state index contributed by atoms with van der Waals surface area (Å²) >= 11 is 0. The molecule has 0 spiro atoms. The molecule has 1 aromatic carbocycles. The van der Waals surface area contributed by atoms with Crippen LogP contribution in [-0.4, -0.2) is 27.3 Å². The Labute approximate surface area is 100 Å². The summed E-state index contributed by atoms with van der Waals surface area (Å²) in [6, 6.07) is 4.57. The molecular weight excluding hydrogens is 249 g/mol. The van der Waals surface area contributed by atoms with Crippen LogP contribution >= 0.6 is 0 Å². The van der Waals surface area contributed by atoms with Crippen LogP contribution < -0.4 is 0 Å². The number of benzene rings is 1. The molecule has 0 saturated carbocycles. The predicted molar refractivity (Wildman–Crippen MR) is 54.9 cm³/mol. The topological polar surface area (TPSA) is 52.8 Å². The molecule has 0 aliphatic heterocycles. The Bertz CT molecular complexity index is 521. The van der Waals surface area contributed by atoms with Crippen LogP contribution in [0.3, 0.4) is 0 Å². The molecule has 0 atom stereocenters. The van der Waals surface area contributed by atoms with Gasteiger partial charge in [0.15, 0.2) is 5.82 Å². The maximum atomic E-state index is 12.4. The van der Waals surface area contributed by atoms with Gasteiger partial charge in [-0.3, -0.25) is 0 Å². The van der Waals surface area contributed by atoms with Crippen molar-refractivity contribution in [2.75, 3.05) is 7.11 Å². The minimum Gasteiger partial charge on any atom is -0.377 e. The second-order valence-corrected chi connectivity index (χ2v) is 3.48. The molecule has 2 rings (SSSR count). The standard InChI is InChI=1S/C10H9F3N4O/c1-18-6-9-14-15-16-17(9)8-4-2-7(3-5-8)10(11,12)13/h2-5H,6H2,1H3. The van der Waals surface area contributed by atoms with E-state index in [0.29, 0.717) is 11.5 Å². The summed E-state index contributed by atoms with van der Waals surface area (Å²) in [5.74, 6) is 0.414. The normalized spacial score (nSPS) is 11.8. The third-order valence-electron chi connectivity index (χ3n) is 2.25. The average Bonchev–Trinajstić information content (AvgIpc) is 2.77. The second kappa shape index (κ2) is 4.73. The van der Waals surface area contributed by atoms with Crippen molar-refractivity contribution in [3.8, 4) is 5.69 Å². The van der Waals surface area contributed by atoms with Crippen molar-refractivity contribution in [3.05, 3.63) is 35.7 Å². The first kappa shape index (κ1) is 12.5. The van der Waals surface area contributed by atoms with E-state index in [9.17, 15) is 13.2 Å². The molecule has 18 heavy (non-hydrogen) atoms. The van der Waals surface area contributed by atoms with E-state index in [2.05, 4.69) is 15.5 Å². The van der Waals surface area contributed by atoms with E-state index in [-0.39, 0.29) is 6.61 Å². The van der Waals surface area contributed by atoms with Gasteiger partial charge in [0.05, 0.1) is 11.3 Å². The highest BCUT2D eigenvalue weighted by Gasteiger charge is 2.30. The van der Waals surface area contributed by atoms with Gasteiger partial charge in [0.1, 0.15) is 6.61 Å². The van der Waals surface area contributed by atoms with E-state index >= 15 is 0 Å². The van der Waals surface area contributed by atoms with Crippen LogP contribution in [0.2, 0.25) is 0 Å². The van der Waals surface area contributed by atoms with Gasteiger partial charge in [-0.2, -0.15) is 17.9 Å². The molecule has 0 amide bonds. The van der Waals surface area contributed by atoms with Gasteiger partial charge in [-0.15, -0.1) is 5.10 Å². The molecule has 1 heterocycles. The summed E-state index contributed by atoms with van der Waals surface area (Å²) in [5.41, 5.74) is -0.271. The van der Waals surface area contributed by atoms with E-state index in [0.717, 1.165) is 12.1 Å². The number of nitrogens with zero attached hydrogens (tertiary/aromatic N) is 4. The molecule has 0 unspecified atom stereocenters. The first-order valence-electron chi connectivity index (χ1n) is 4.96. The molecule has 1 aromatic heterocycles. The first-order valence-corrected chi connectivity index (χ1v) is 4.96. The maximum Gasteiger partial charge on any atom is 0.416 e. The lowest BCUT2D eigenvalue weighted by Gasteiger charge is -2.08. The van der Waals surface area contributed by atoms with Crippen LogP contribution in [0.1, 0.15) is 11.4 Å². The highest BCUT2D eigenvalue weighted by Crippen LogP contribution is 2.29. The van der Waals surface area contributed by atoms with E-state index in [1.807, 2.05) is 0 Å². The summed E-state index contributed by atoms with van der Waals surface area (Å²) in [7, 11) is 1.48. The van der Waals surface area contributed by atoms with Crippen molar-refractivity contribution in [2.45, 2.75) is 12.8 Å². The third kappa shape index (κ3) is 2.48. The number of methoxy groups -OCH3 is 1. The number of ether oxygens (including phenoxy) is 1. The zero-order valence-corrected chi connectivity index (χ0v) is 9.35. The predicted octanol–water partition coefficient (Wildman–Crippen LogP) is 1.83. The Kier molecular flexibility index (Phi) is 3.28. The van der Waals surface area contributed by atoms with Crippen LogP contribution in [0.4, 0.5) is 13.2 Å². The van der Waals surface area contributed by atoms with Crippen LogP contribution in [0, 0.1) is 0 Å². The number of rotatable bonds is 3. The third-order valence-corrected chi connectivity index (χ3v) is 2.25. The van der Waals surface area contributed by atoms with E-state index in [4.69, 9.17) is 4.74 Å². The quantitative estimate of drug-likeness (QED) is 0.842. The fraction of sp³-hybridized carbons (Fsp3) is 0.300. The van der Waals surface area contributed by atoms with Gasteiger partial charge in [0, 0.05) is 7.11 Å². The van der Waals surface area contributed by atoms with Crippen molar-refractivity contribution < 1.29 is 17.9 Å². The van der Waals surface area contributed by atoms with Gasteiger partial charge >= 0.3 is 6.18 Å². The molecule has 2 aromatic rings. The van der Waals surface area contributed by atoms with Crippen molar-refractivity contribution in [2.24, 2.45) is 0 Å². The zero-order valence-electron chi connectivity index (χ0n) is 9.35. The molecule has 5 nitrogen and oxygen atoms in total. The molecule has 0 aliphatic carbocycles. The minimum atomic E-state index is -4.35. The Balaban J connectivity index is 2.32. The molecule has 0 aliphatic rings. The fourth-order valence-electron chi connectivity index (χ4n) is 1.42. The largest absolute Gasteiger partial charge is 0.416 e. The van der Waals surface area contributed by atoms with Crippen molar-refractivity contribution in [1.29, 1.82) is 0 Å². The van der Waals surface area contributed by atoms with Crippen LogP contribution in [0.5, 0.6) is 0 Å². The molecule has 0 fully saturated rings. The van der Waals surface area contributed by atoms with Gasteiger partial charge in [-0.1, -0.05) is 0 Å². The molecule has 0 radical (unpaired) electrons. The summed E-state index contributed by atoms with van der Waals surface area (Å²) < 4.78 is 43.4. The fourth-order valence-corrected chi connectivity index (χ4v) is 1.42. The Hall–Kier alpha value is -1.96. The van der Waals surface area contributed by atoms with Gasteiger partial charge in [-0.25, -0.2) is 0 Å². The van der Waals surface area contributed by atoms with Crippen LogP contribution in [-0.2, 0) is 17.5 Å². The second-order valence-electron chi connectivity index (χ2n) is 3.48. The molecular formula is C10H9F3N4O. The summed E-state index contributed by atoms with van der Waals surface area (Å²) in [6.07, 6.45) is -4.35. The highest BCUT2D eigenvalue weighted by molar-refractivity contribution is 5.35. The van der Waals surface area contributed by atoms with Crippen molar-refractivity contribution in [3.63, 3.8) is 0 Å². The van der Waals surface area contributed by atoms with Gasteiger partial charge in [-0.05, 0) is 34.7 Å². The lowest BCUT2D eigenvalue weighted by molar-refractivity contribution is -0.137. The van der Waals surface area contributed by atoms with Crippen molar-refractivity contribution in [1.82, 2.24) is 20.2 Å². The molecule has 8 heteroatoms. The monoisotopic (exact) mass is 258 g/mol. The number of hydrogen-bond acceptors (Lipinski definition) is 4. The summed E-state index contributed by atoms with van der Waals surface area (Å²) in [4.78, 5) is 0. The Morgan fingerprint density at radius 3 is 2.44 bits per heavy atom. The van der Waals surface area contributed by atoms with Crippen molar-refractivity contribution >= 4 is 0 Å². The highest BCUT2D eigenvalue weighted by atomic mass is 19.4. The number of aromatic nitrogens is 4. The lowest BCUT2D eigenvalue weighted by Crippen LogP contribution is -2.07. The smallest absolute Gasteiger partial charge is 0.377 e. The zero-order chi connectivity index (χ0) is 13.2. The minimum absolute atomic E-state index is 0.175. The van der Waals surface area contributed by atoms with Crippen LogP contribution in [0.15, 0.2) is 24.3 Å². The molecule has 0 saturated heterocycles. The molecule has 0 bridgehead atoms. The maximum absolute atomic E-state index is 12.4. The average molecular weight is 258 g/mol. The van der Waals surface area contributed by atoms with E-state index in [1.54, 1.807) is 0 Å². The number of alkyl halides is 3. The van der Waals surface area contributed by atoms with Gasteiger partial charge in [0.2, 0.25) is 0 Å². The summed E-state index contributed by atoms with van der Waals surface area (Å²) in [6.45, 7) is 0.175. The van der Waals surface area contributed by atoms with E-state index < -0.39 is 11.7 Å². The van der Waals surface area contributed by atoms with Gasteiger partial charge < -0.3 is 4.74 Å². The lowest BCUT2D eigenvalue weighted by atomic mass is 10.2. The van der Waals surface area contributed by atoms with Gasteiger partial charge in [0.25, 0.3) is 0 Å².